The summed E-state index contributed by atoms with van der Waals surface area (Å²) in [5.41, 5.74) is 3.10. The summed E-state index contributed by atoms with van der Waals surface area (Å²) in [6.45, 7) is 0. The Kier molecular flexibility index (Phi) is 2.38. The Labute approximate surface area is 109 Å². The fraction of sp³-hybridized carbons (Fsp3) is 0.929. The number of hydrazine groups is 1. The molecule has 5 aliphatic carbocycles. The first-order valence-corrected chi connectivity index (χ1v) is 7.57. The van der Waals surface area contributed by atoms with Crippen LogP contribution in [0.15, 0.2) is 4.99 Å². The topological polar surface area (TPSA) is 62.4 Å². The molecule has 4 nitrogen and oxygen atoms in total. The van der Waals surface area contributed by atoms with Gasteiger partial charge in [-0.05, 0) is 69.1 Å². The predicted octanol–water partition coefficient (Wildman–Crippen LogP) is 1.53. The van der Waals surface area contributed by atoms with Crippen LogP contribution in [0.5, 0.6) is 0 Å². The number of hydrogen-bond donors (Lipinski definition) is 3. The summed E-state index contributed by atoms with van der Waals surface area (Å²) in [6.07, 6.45) is 10.9. The average molecular weight is 248 g/mol. The van der Waals surface area contributed by atoms with Gasteiger partial charge >= 0.3 is 0 Å². The van der Waals surface area contributed by atoms with Crippen LogP contribution < -0.4 is 16.6 Å². The molecule has 0 atom stereocenters. The van der Waals surface area contributed by atoms with Crippen molar-refractivity contribution in [1.29, 1.82) is 0 Å². The number of aliphatic imine (C=N–C) groups is 1. The molecule has 5 saturated carbocycles. The van der Waals surface area contributed by atoms with Gasteiger partial charge in [0.15, 0.2) is 0 Å². The minimum Gasteiger partial charge on any atom is -0.350 e. The maximum absolute atomic E-state index is 5.63. The van der Waals surface area contributed by atoms with Gasteiger partial charge in [0.25, 0.3) is 0 Å². The van der Waals surface area contributed by atoms with Crippen molar-refractivity contribution in [1.82, 2.24) is 10.7 Å². The van der Waals surface area contributed by atoms with Crippen LogP contribution in [0, 0.1) is 17.8 Å². The Morgan fingerprint density at radius 3 is 2.00 bits per heavy atom. The molecule has 5 rings (SSSR count). The van der Waals surface area contributed by atoms with Crippen molar-refractivity contribution in [2.24, 2.45) is 28.6 Å². The number of nitrogens with zero attached hydrogens (tertiary/aromatic N) is 1. The van der Waals surface area contributed by atoms with Gasteiger partial charge in [-0.3, -0.25) is 5.43 Å². The second-order valence-electron chi connectivity index (χ2n) is 7.18. The molecule has 0 aliphatic heterocycles. The Hall–Kier alpha value is -0.770. The van der Waals surface area contributed by atoms with Gasteiger partial charge in [-0.25, -0.2) is 10.8 Å². The third kappa shape index (κ3) is 1.91. The summed E-state index contributed by atoms with van der Waals surface area (Å²) in [5, 5.41) is 3.70. The minimum atomic E-state index is 0.314. The quantitative estimate of drug-likeness (QED) is 0.300. The third-order valence-corrected chi connectivity index (χ3v) is 5.42. The molecule has 0 radical (unpaired) electrons. The van der Waals surface area contributed by atoms with Gasteiger partial charge in [0.1, 0.15) is 0 Å². The second kappa shape index (κ2) is 3.86. The minimum absolute atomic E-state index is 0.314. The highest BCUT2D eigenvalue weighted by atomic mass is 15.4. The van der Waals surface area contributed by atoms with Gasteiger partial charge in [0, 0.05) is 5.54 Å². The molecule has 100 valence electrons. The van der Waals surface area contributed by atoms with Crippen molar-refractivity contribution in [3.63, 3.8) is 0 Å². The molecule has 4 N–H and O–H groups in total. The van der Waals surface area contributed by atoms with Gasteiger partial charge < -0.3 is 5.32 Å². The summed E-state index contributed by atoms with van der Waals surface area (Å²) >= 11 is 0. The first-order chi connectivity index (χ1) is 8.75. The predicted molar refractivity (Wildman–Crippen MR) is 71.8 cm³/mol. The lowest BCUT2D eigenvalue weighted by atomic mass is 9.53. The first-order valence-electron chi connectivity index (χ1n) is 7.57. The molecule has 0 saturated heterocycles. The number of nitrogens with one attached hydrogen (secondary N) is 2. The fourth-order valence-electron chi connectivity index (χ4n) is 5.01. The van der Waals surface area contributed by atoms with E-state index in [0.29, 0.717) is 11.6 Å². The maximum atomic E-state index is 5.63. The zero-order valence-electron chi connectivity index (χ0n) is 11.0. The van der Waals surface area contributed by atoms with Crippen molar-refractivity contribution < 1.29 is 0 Å². The molecule has 0 unspecified atom stereocenters. The van der Waals surface area contributed by atoms with Crippen molar-refractivity contribution in [2.45, 2.75) is 62.9 Å². The highest BCUT2D eigenvalue weighted by Crippen LogP contribution is 2.55. The SMILES string of the molecule is NNC(=NC1CC1)NC12CC3CC(CC(C3)C1)C2. The van der Waals surface area contributed by atoms with Crippen LogP contribution >= 0.6 is 0 Å². The maximum Gasteiger partial charge on any atom is 0.206 e. The van der Waals surface area contributed by atoms with Crippen LogP contribution in [0.4, 0.5) is 0 Å². The average Bonchev–Trinajstić information content (AvgIpc) is 3.09. The van der Waals surface area contributed by atoms with E-state index in [1.807, 2.05) is 0 Å². The second-order valence-corrected chi connectivity index (χ2v) is 7.18. The van der Waals surface area contributed by atoms with E-state index in [1.165, 1.54) is 51.4 Å². The molecule has 5 aliphatic rings. The normalized spacial score (nSPS) is 46.3. The molecule has 0 amide bonds. The Morgan fingerprint density at radius 1 is 1.00 bits per heavy atom. The number of guanidine groups is 1. The van der Waals surface area contributed by atoms with Crippen molar-refractivity contribution >= 4 is 5.96 Å². The lowest BCUT2D eigenvalue weighted by Crippen LogP contribution is -2.62. The summed E-state index contributed by atoms with van der Waals surface area (Å²) in [6, 6.07) is 0.525. The molecular formula is C14H24N4. The van der Waals surface area contributed by atoms with E-state index in [0.717, 1.165) is 23.7 Å². The third-order valence-electron chi connectivity index (χ3n) is 5.42. The van der Waals surface area contributed by atoms with E-state index in [4.69, 9.17) is 5.84 Å². The number of rotatable bonds is 2. The van der Waals surface area contributed by atoms with Gasteiger partial charge in [0.2, 0.25) is 5.96 Å². The number of hydrogen-bond acceptors (Lipinski definition) is 2. The van der Waals surface area contributed by atoms with E-state index in [1.54, 1.807) is 0 Å². The standard InChI is InChI=1S/C14H24N4/c15-18-13(16-12-1-2-12)17-14-6-9-3-10(7-14)5-11(4-9)8-14/h9-12H,1-8,15H2,(H2,16,17,18). The molecule has 18 heavy (non-hydrogen) atoms. The van der Waals surface area contributed by atoms with Gasteiger partial charge in [0.05, 0.1) is 6.04 Å². The molecule has 5 fully saturated rings. The van der Waals surface area contributed by atoms with Gasteiger partial charge in [-0.15, -0.1) is 0 Å². The summed E-state index contributed by atoms with van der Waals surface area (Å²) in [5.74, 6) is 9.37. The van der Waals surface area contributed by atoms with Crippen LogP contribution in [0.2, 0.25) is 0 Å². The van der Waals surface area contributed by atoms with Crippen LogP contribution in [-0.4, -0.2) is 17.5 Å². The fourth-order valence-corrected chi connectivity index (χ4v) is 5.01. The largest absolute Gasteiger partial charge is 0.350 e. The smallest absolute Gasteiger partial charge is 0.206 e. The van der Waals surface area contributed by atoms with E-state index in [2.05, 4.69) is 15.7 Å². The Balaban J connectivity index is 1.52. The molecular weight excluding hydrogens is 224 g/mol. The van der Waals surface area contributed by atoms with E-state index in [-0.39, 0.29) is 0 Å². The molecule has 0 spiro atoms. The van der Waals surface area contributed by atoms with Crippen molar-refractivity contribution in [2.75, 3.05) is 0 Å². The number of nitrogens with two attached hydrogens (primary N) is 1. The van der Waals surface area contributed by atoms with E-state index < -0.39 is 0 Å². The lowest BCUT2D eigenvalue weighted by Gasteiger charge is -2.57. The zero-order valence-corrected chi connectivity index (χ0v) is 11.0. The zero-order chi connectivity index (χ0) is 12.2. The molecule has 4 bridgehead atoms. The molecule has 0 aromatic rings. The highest BCUT2D eigenvalue weighted by molar-refractivity contribution is 5.80. The first kappa shape index (κ1) is 11.1. The van der Waals surface area contributed by atoms with Gasteiger partial charge in [-0.2, -0.15) is 0 Å². The summed E-state index contributed by atoms with van der Waals surface area (Å²) in [7, 11) is 0. The van der Waals surface area contributed by atoms with E-state index >= 15 is 0 Å². The van der Waals surface area contributed by atoms with Crippen LogP contribution in [0.25, 0.3) is 0 Å². The monoisotopic (exact) mass is 248 g/mol. The van der Waals surface area contributed by atoms with Gasteiger partial charge in [-0.1, -0.05) is 0 Å². The van der Waals surface area contributed by atoms with Crippen molar-refractivity contribution in [3.05, 3.63) is 0 Å². The molecule has 0 heterocycles. The Bertz CT molecular complexity index is 337. The van der Waals surface area contributed by atoms with Crippen LogP contribution in [0.3, 0.4) is 0 Å². The molecule has 0 aromatic heterocycles. The van der Waals surface area contributed by atoms with Crippen LogP contribution in [-0.2, 0) is 0 Å². The lowest BCUT2D eigenvalue weighted by molar-refractivity contribution is -0.0105. The van der Waals surface area contributed by atoms with Crippen LogP contribution in [0.1, 0.15) is 51.4 Å². The highest BCUT2D eigenvalue weighted by Gasteiger charge is 2.51. The van der Waals surface area contributed by atoms with E-state index in [9.17, 15) is 0 Å². The molecule has 4 heteroatoms. The van der Waals surface area contributed by atoms with Crippen molar-refractivity contribution in [3.8, 4) is 0 Å². The molecule has 0 aromatic carbocycles. The Morgan fingerprint density at radius 2 is 1.56 bits per heavy atom. The summed E-state index contributed by atoms with van der Waals surface area (Å²) in [4.78, 5) is 4.65. The summed E-state index contributed by atoms with van der Waals surface area (Å²) < 4.78 is 0.